The fourth-order valence-corrected chi connectivity index (χ4v) is 6.76. The van der Waals surface area contributed by atoms with Crippen molar-refractivity contribution < 1.29 is 0 Å². The lowest BCUT2D eigenvalue weighted by molar-refractivity contribution is 0.867. The Morgan fingerprint density at radius 2 is 0.927 bits per heavy atom. The molecule has 0 spiro atoms. The molecule has 41 heavy (non-hydrogen) atoms. The molecule has 0 unspecified atom stereocenters. The maximum absolute atomic E-state index is 2.36. The molecule has 0 aliphatic rings. The zero-order valence-corrected chi connectivity index (χ0v) is 23.4. The standard InChI is InChI=1S/C41H30/c1-26(2)27-18-20-28(21-19-27)40-35-12-5-7-14-37(35)41(38-15-8-6-13-36(38)40)34-17-9-16-32-33(34)23-22-31-24-29-10-3-4-11-30(29)25-39(31)32/h3-26H,1-2H3. The molecule has 8 aromatic carbocycles. The molecule has 0 heterocycles. The first-order valence-corrected chi connectivity index (χ1v) is 14.6. The van der Waals surface area contributed by atoms with E-state index in [-0.39, 0.29) is 0 Å². The molecule has 0 heteroatoms. The predicted octanol–water partition coefficient (Wildman–Crippen LogP) is 11.9. The van der Waals surface area contributed by atoms with Crippen LogP contribution in [0, 0.1) is 0 Å². The van der Waals surface area contributed by atoms with E-state index < -0.39 is 0 Å². The number of hydrogen-bond donors (Lipinski definition) is 0. The van der Waals surface area contributed by atoms with Gasteiger partial charge in [0.05, 0.1) is 0 Å². The Bertz CT molecular complexity index is 2210. The van der Waals surface area contributed by atoms with Crippen molar-refractivity contribution in [1.29, 1.82) is 0 Å². The molecule has 8 aromatic rings. The maximum atomic E-state index is 2.36. The Morgan fingerprint density at radius 1 is 0.366 bits per heavy atom. The van der Waals surface area contributed by atoms with Crippen LogP contribution in [-0.2, 0) is 0 Å². The molecule has 0 saturated carbocycles. The predicted molar refractivity (Wildman–Crippen MR) is 179 cm³/mol. The zero-order chi connectivity index (χ0) is 27.5. The van der Waals surface area contributed by atoms with Crippen LogP contribution in [0.5, 0.6) is 0 Å². The lowest BCUT2D eigenvalue weighted by Gasteiger charge is -2.19. The fraction of sp³-hybridized carbons (Fsp3) is 0.0732. The Morgan fingerprint density at radius 3 is 1.56 bits per heavy atom. The largest absolute Gasteiger partial charge is 0.0616 e. The van der Waals surface area contributed by atoms with Gasteiger partial charge >= 0.3 is 0 Å². The van der Waals surface area contributed by atoms with E-state index in [1.54, 1.807) is 0 Å². The van der Waals surface area contributed by atoms with Gasteiger partial charge in [-0.15, -0.1) is 0 Å². The molecule has 0 aliphatic heterocycles. The lowest BCUT2D eigenvalue weighted by Crippen LogP contribution is -1.92. The lowest BCUT2D eigenvalue weighted by atomic mass is 9.84. The SMILES string of the molecule is CC(C)c1ccc(-c2c3ccccc3c(-c3cccc4c3ccc3cc5ccccc5cc34)c3ccccc23)cc1. The molecule has 0 amide bonds. The van der Waals surface area contributed by atoms with Gasteiger partial charge in [-0.1, -0.05) is 141 Å². The molecule has 0 N–H and O–H groups in total. The molecule has 0 atom stereocenters. The third kappa shape index (κ3) is 3.75. The van der Waals surface area contributed by atoms with Crippen LogP contribution < -0.4 is 0 Å². The Kier molecular flexibility index (Phi) is 5.43. The Hall–Kier alpha value is -4.94. The highest BCUT2D eigenvalue weighted by atomic mass is 14.2. The second-order valence-corrected chi connectivity index (χ2v) is 11.5. The summed E-state index contributed by atoms with van der Waals surface area (Å²) in [5, 5.41) is 12.9. The molecule has 0 aromatic heterocycles. The van der Waals surface area contributed by atoms with Gasteiger partial charge in [-0.05, 0) is 99.7 Å². The summed E-state index contributed by atoms with van der Waals surface area (Å²) in [6, 6.07) is 51.9. The van der Waals surface area contributed by atoms with Crippen molar-refractivity contribution in [2.45, 2.75) is 19.8 Å². The second kappa shape index (κ2) is 9.32. The van der Waals surface area contributed by atoms with Crippen LogP contribution in [-0.4, -0.2) is 0 Å². The van der Waals surface area contributed by atoms with E-state index in [1.165, 1.54) is 81.7 Å². The van der Waals surface area contributed by atoms with Crippen LogP contribution in [0.2, 0.25) is 0 Å². The summed E-state index contributed by atoms with van der Waals surface area (Å²) in [6.45, 7) is 4.51. The summed E-state index contributed by atoms with van der Waals surface area (Å²) in [7, 11) is 0. The third-order valence-electron chi connectivity index (χ3n) is 8.81. The molecular weight excluding hydrogens is 492 g/mol. The van der Waals surface area contributed by atoms with Crippen LogP contribution in [0.25, 0.3) is 76.1 Å². The summed E-state index contributed by atoms with van der Waals surface area (Å²) in [4.78, 5) is 0. The molecule has 194 valence electrons. The fourth-order valence-electron chi connectivity index (χ4n) is 6.76. The van der Waals surface area contributed by atoms with E-state index in [2.05, 4.69) is 153 Å². The van der Waals surface area contributed by atoms with Crippen molar-refractivity contribution in [1.82, 2.24) is 0 Å². The maximum Gasteiger partial charge on any atom is -0.00201 e. The minimum Gasteiger partial charge on any atom is -0.0616 e. The number of fused-ring (bicyclic) bond motifs is 6. The van der Waals surface area contributed by atoms with Crippen LogP contribution in [0.3, 0.4) is 0 Å². The summed E-state index contributed by atoms with van der Waals surface area (Å²) >= 11 is 0. The van der Waals surface area contributed by atoms with Crippen LogP contribution >= 0.6 is 0 Å². The van der Waals surface area contributed by atoms with Crippen LogP contribution in [0.4, 0.5) is 0 Å². The quantitative estimate of drug-likeness (QED) is 0.160. The normalized spacial score (nSPS) is 11.9. The number of benzene rings is 8. The van der Waals surface area contributed by atoms with E-state index in [4.69, 9.17) is 0 Å². The first kappa shape index (κ1) is 23.9. The average molecular weight is 523 g/mol. The summed E-state index contributed by atoms with van der Waals surface area (Å²) in [6.07, 6.45) is 0. The van der Waals surface area contributed by atoms with Gasteiger partial charge in [-0.3, -0.25) is 0 Å². The van der Waals surface area contributed by atoms with Crippen LogP contribution in [0.1, 0.15) is 25.3 Å². The molecule has 0 nitrogen and oxygen atoms in total. The summed E-state index contributed by atoms with van der Waals surface area (Å²) in [5.74, 6) is 0.514. The topological polar surface area (TPSA) is 0 Å². The average Bonchev–Trinajstić information content (AvgIpc) is 3.02. The van der Waals surface area contributed by atoms with Crippen LogP contribution in [0.15, 0.2) is 140 Å². The van der Waals surface area contributed by atoms with Gasteiger partial charge in [0.1, 0.15) is 0 Å². The van der Waals surface area contributed by atoms with E-state index in [9.17, 15) is 0 Å². The van der Waals surface area contributed by atoms with Crippen molar-refractivity contribution in [3.8, 4) is 22.3 Å². The summed E-state index contributed by atoms with van der Waals surface area (Å²) < 4.78 is 0. The van der Waals surface area contributed by atoms with Crippen molar-refractivity contribution in [2.75, 3.05) is 0 Å². The van der Waals surface area contributed by atoms with Gasteiger partial charge in [-0.2, -0.15) is 0 Å². The van der Waals surface area contributed by atoms with Gasteiger partial charge in [0.2, 0.25) is 0 Å². The smallest absolute Gasteiger partial charge is 0.00201 e. The van der Waals surface area contributed by atoms with Crippen molar-refractivity contribution in [3.63, 3.8) is 0 Å². The summed E-state index contributed by atoms with van der Waals surface area (Å²) in [5.41, 5.74) is 6.54. The third-order valence-corrected chi connectivity index (χ3v) is 8.81. The number of rotatable bonds is 3. The minimum atomic E-state index is 0.514. The molecule has 0 fully saturated rings. The molecular formula is C41H30. The Labute approximate surface area is 240 Å². The molecule has 0 saturated heterocycles. The highest BCUT2D eigenvalue weighted by molar-refractivity contribution is 6.25. The van der Waals surface area contributed by atoms with Gasteiger partial charge in [-0.25, -0.2) is 0 Å². The highest BCUT2D eigenvalue weighted by Gasteiger charge is 2.18. The van der Waals surface area contributed by atoms with E-state index in [0.29, 0.717) is 5.92 Å². The van der Waals surface area contributed by atoms with Crippen molar-refractivity contribution in [2.24, 2.45) is 0 Å². The van der Waals surface area contributed by atoms with Gasteiger partial charge < -0.3 is 0 Å². The zero-order valence-electron chi connectivity index (χ0n) is 23.4. The molecule has 0 radical (unpaired) electrons. The molecule has 0 aliphatic carbocycles. The minimum absolute atomic E-state index is 0.514. The highest BCUT2D eigenvalue weighted by Crippen LogP contribution is 2.46. The first-order chi connectivity index (χ1) is 20.2. The van der Waals surface area contributed by atoms with Gasteiger partial charge in [0, 0.05) is 0 Å². The first-order valence-electron chi connectivity index (χ1n) is 14.6. The second-order valence-electron chi connectivity index (χ2n) is 11.5. The Balaban J connectivity index is 1.47. The van der Waals surface area contributed by atoms with E-state index in [0.717, 1.165) is 0 Å². The van der Waals surface area contributed by atoms with Crippen molar-refractivity contribution in [3.05, 3.63) is 145 Å². The van der Waals surface area contributed by atoms with E-state index >= 15 is 0 Å². The monoisotopic (exact) mass is 522 g/mol. The van der Waals surface area contributed by atoms with Gasteiger partial charge in [0.15, 0.2) is 0 Å². The van der Waals surface area contributed by atoms with Crippen molar-refractivity contribution >= 4 is 53.9 Å². The molecule has 0 bridgehead atoms. The van der Waals surface area contributed by atoms with Gasteiger partial charge in [0.25, 0.3) is 0 Å². The number of hydrogen-bond acceptors (Lipinski definition) is 0. The van der Waals surface area contributed by atoms with E-state index in [1.807, 2.05) is 0 Å². The molecule has 8 rings (SSSR count).